The molecule has 33 heavy (non-hydrogen) atoms. The normalized spacial score (nSPS) is 13.7. The maximum Gasteiger partial charge on any atom is 0.327 e. The minimum Gasteiger partial charge on any atom is -0.480 e. The van der Waals surface area contributed by atoms with Crippen molar-refractivity contribution in [1.29, 1.82) is 0 Å². The number of aromatic amines is 1. The van der Waals surface area contributed by atoms with E-state index in [1.54, 1.807) is 11.8 Å². The van der Waals surface area contributed by atoms with Gasteiger partial charge in [-0.05, 0) is 92.2 Å². The summed E-state index contributed by atoms with van der Waals surface area (Å²) >= 11 is 1.65. The van der Waals surface area contributed by atoms with Gasteiger partial charge in [0.25, 0.3) is 0 Å². The Morgan fingerprint density at radius 2 is 1.48 bits per heavy atom. The Kier molecular flexibility index (Phi) is 14.4. The van der Waals surface area contributed by atoms with Gasteiger partial charge in [-0.2, -0.15) is 11.8 Å². The topological polar surface area (TPSA) is 65.1 Å². The third kappa shape index (κ3) is 14.6. The van der Waals surface area contributed by atoms with Crippen LogP contribution in [0.1, 0.15) is 78.8 Å². The molecule has 0 bridgehead atoms. The Labute approximate surface area is 205 Å². The molecule has 1 aromatic heterocycles. The molecular formula is C28H44N2O2S. The molecule has 184 valence electrons. The zero-order valence-corrected chi connectivity index (χ0v) is 22.3. The molecular weight excluding hydrogens is 428 g/mol. The Bertz CT molecular complexity index is 842. The molecule has 0 saturated carbocycles. The number of anilines is 1. The van der Waals surface area contributed by atoms with Gasteiger partial charge in [-0.15, -0.1) is 0 Å². The Morgan fingerprint density at radius 1 is 0.939 bits per heavy atom. The van der Waals surface area contributed by atoms with Crippen molar-refractivity contribution in [2.24, 2.45) is 0 Å². The van der Waals surface area contributed by atoms with E-state index >= 15 is 0 Å². The summed E-state index contributed by atoms with van der Waals surface area (Å²) in [5, 5.41) is 12.5. The summed E-state index contributed by atoms with van der Waals surface area (Å²) in [5.74, 6) is 1.29. The first-order chi connectivity index (χ1) is 15.7. The number of aromatic nitrogens is 1. The van der Waals surface area contributed by atoms with Crippen LogP contribution in [-0.2, 0) is 4.79 Å². The lowest BCUT2D eigenvalue weighted by atomic mass is 10.0. The zero-order valence-electron chi connectivity index (χ0n) is 21.5. The predicted octanol–water partition coefficient (Wildman–Crippen LogP) is 8.07. The molecule has 4 nitrogen and oxygen atoms in total. The molecule has 1 aromatic rings. The van der Waals surface area contributed by atoms with Crippen molar-refractivity contribution in [3.8, 4) is 0 Å². The van der Waals surface area contributed by atoms with Crippen LogP contribution < -0.4 is 5.32 Å². The van der Waals surface area contributed by atoms with E-state index in [1.165, 1.54) is 22.3 Å². The molecule has 0 amide bonds. The highest BCUT2D eigenvalue weighted by Crippen LogP contribution is 2.15. The number of aliphatic carboxylic acids is 1. The number of carboxylic acid groups (broad SMARTS) is 1. The zero-order chi connectivity index (χ0) is 24.6. The Morgan fingerprint density at radius 3 is 1.97 bits per heavy atom. The molecule has 1 unspecified atom stereocenters. The fourth-order valence-electron chi connectivity index (χ4n) is 3.32. The van der Waals surface area contributed by atoms with Gasteiger partial charge in [-0.25, -0.2) is 4.79 Å². The number of H-pyrrole nitrogens is 1. The summed E-state index contributed by atoms with van der Waals surface area (Å²) in [6.45, 7) is 12.9. The van der Waals surface area contributed by atoms with E-state index < -0.39 is 12.0 Å². The number of rotatable bonds is 16. The van der Waals surface area contributed by atoms with Gasteiger partial charge in [0.1, 0.15) is 11.9 Å². The van der Waals surface area contributed by atoms with Crippen molar-refractivity contribution in [2.45, 2.75) is 86.1 Å². The van der Waals surface area contributed by atoms with Gasteiger partial charge >= 0.3 is 5.97 Å². The monoisotopic (exact) mass is 472 g/mol. The lowest BCUT2D eigenvalue weighted by Gasteiger charge is -2.13. The molecule has 0 fully saturated rings. The van der Waals surface area contributed by atoms with Gasteiger partial charge in [0.15, 0.2) is 0 Å². The molecule has 1 heterocycles. The molecule has 1 atom stereocenters. The number of allylic oxidation sites excluding steroid dienone is 7. The van der Waals surface area contributed by atoms with Crippen LogP contribution in [0.5, 0.6) is 0 Å². The first kappa shape index (κ1) is 28.9. The van der Waals surface area contributed by atoms with Gasteiger partial charge in [-0.1, -0.05) is 46.6 Å². The smallest absolute Gasteiger partial charge is 0.327 e. The van der Waals surface area contributed by atoms with E-state index in [4.69, 9.17) is 0 Å². The molecule has 0 saturated heterocycles. The molecule has 3 N–H and O–H groups in total. The highest BCUT2D eigenvalue weighted by atomic mass is 32.2. The van der Waals surface area contributed by atoms with Crippen molar-refractivity contribution in [1.82, 2.24) is 4.98 Å². The standard InChI is InChI=1S/C28H44N2O2S/c1-21(2)10-7-11-22(3)12-8-13-23(4)14-9-15-24(5)18-19-33-20-26(28(31)32)30-27-17-16-25(6)29-27/h10,12,14,16-18,26,29-30H,7-9,11,13,15,19-20H2,1-6H3,(H,31,32). The van der Waals surface area contributed by atoms with Crippen molar-refractivity contribution in [3.63, 3.8) is 0 Å². The Hall–Kier alpha value is -2.14. The number of hydrogen-bond acceptors (Lipinski definition) is 3. The van der Waals surface area contributed by atoms with Crippen LogP contribution in [0.2, 0.25) is 0 Å². The molecule has 0 radical (unpaired) electrons. The van der Waals surface area contributed by atoms with Crippen LogP contribution in [0.25, 0.3) is 0 Å². The van der Waals surface area contributed by atoms with E-state index in [-0.39, 0.29) is 0 Å². The molecule has 0 aliphatic carbocycles. The van der Waals surface area contributed by atoms with E-state index in [0.29, 0.717) is 5.75 Å². The summed E-state index contributed by atoms with van der Waals surface area (Å²) in [6, 6.07) is 3.21. The van der Waals surface area contributed by atoms with Crippen LogP contribution in [0.15, 0.2) is 58.7 Å². The van der Waals surface area contributed by atoms with Gasteiger partial charge in [0, 0.05) is 17.2 Å². The van der Waals surface area contributed by atoms with Crippen molar-refractivity contribution in [2.75, 3.05) is 16.8 Å². The van der Waals surface area contributed by atoms with E-state index in [0.717, 1.165) is 55.8 Å². The van der Waals surface area contributed by atoms with E-state index in [9.17, 15) is 9.90 Å². The highest BCUT2D eigenvalue weighted by molar-refractivity contribution is 7.99. The lowest BCUT2D eigenvalue weighted by Crippen LogP contribution is -2.31. The molecule has 5 heteroatoms. The van der Waals surface area contributed by atoms with Crippen LogP contribution in [0.4, 0.5) is 5.82 Å². The second-order valence-corrected chi connectivity index (χ2v) is 10.3. The number of hydrogen-bond donors (Lipinski definition) is 3. The van der Waals surface area contributed by atoms with Gasteiger partial charge in [0.05, 0.1) is 0 Å². The van der Waals surface area contributed by atoms with Gasteiger partial charge < -0.3 is 15.4 Å². The molecule has 1 rings (SSSR count). The third-order valence-corrected chi connectivity index (χ3v) is 6.42. The molecule has 0 spiro atoms. The molecule has 0 aromatic carbocycles. The average Bonchev–Trinajstić information content (AvgIpc) is 3.14. The van der Waals surface area contributed by atoms with E-state index in [1.807, 2.05) is 19.1 Å². The fraction of sp³-hybridized carbons (Fsp3) is 0.536. The van der Waals surface area contributed by atoms with Crippen molar-refractivity contribution < 1.29 is 9.90 Å². The number of nitrogens with one attached hydrogen (secondary N) is 2. The quantitative estimate of drug-likeness (QED) is 0.168. The van der Waals surface area contributed by atoms with Crippen LogP contribution in [0, 0.1) is 6.92 Å². The van der Waals surface area contributed by atoms with Gasteiger partial charge in [0.2, 0.25) is 0 Å². The number of thioether (sulfide) groups is 1. The first-order valence-corrected chi connectivity index (χ1v) is 13.2. The first-order valence-electron chi connectivity index (χ1n) is 12.0. The lowest BCUT2D eigenvalue weighted by molar-refractivity contribution is -0.137. The minimum absolute atomic E-state index is 0.525. The SMILES string of the molecule is CC(C)=CCCC(C)=CCCC(C)=CCCC(C)=CCSCC(Nc1ccc(C)[nH]1)C(=O)O. The predicted molar refractivity (Wildman–Crippen MR) is 146 cm³/mol. The van der Waals surface area contributed by atoms with E-state index in [2.05, 4.69) is 69.2 Å². The highest BCUT2D eigenvalue weighted by Gasteiger charge is 2.17. The Balaban J connectivity index is 2.27. The maximum absolute atomic E-state index is 11.5. The second kappa shape index (κ2) is 16.5. The van der Waals surface area contributed by atoms with Crippen molar-refractivity contribution >= 4 is 23.5 Å². The fourth-order valence-corrected chi connectivity index (χ4v) is 4.33. The van der Waals surface area contributed by atoms with Crippen molar-refractivity contribution in [3.05, 3.63) is 64.4 Å². The second-order valence-electron chi connectivity index (χ2n) is 9.18. The van der Waals surface area contributed by atoms with Crippen LogP contribution in [0.3, 0.4) is 0 Å². The maximum atomic E-state index is 11.5. The number of carboxylic acids is 1. The summed E-state index contributed by atoms with van der Waals surface area (Å²) in [5.41, 5.74) is 6.72. The summed E-state index contributed by atoms with van der Waals surface area (Å²) < 4.78 is 0. The van der Waals surface area contributed by atoms with Crippen LogP contribution >= 0.6 is 11.8 Å². The largest absolute Gasteiger partial charge is 0.480 e. The van der Waals surface area contributed by atoms with Gasteiger partial charge in [-0.3, -0.25) is 0 Å². The molecule has 0 aliphatic rings. The number of aryl methyl sites for hydroxylation is 1. The van der Waals surface area contributed by atoms with Crippen LogP contribution in [-0.4, -0.2) is 33.6 Å². The summed E-state index contributed by atoms with van der Waals surface area (Å²) in [4.78, 5) is 14.6. The third-order valence-electron chi connectivity index (χ3n) is 5.45. The number of carbonyl (C=O) groups is 1. The summed E-state index contributed by atoms with van der Waals surface area (Å²) in [6.07, 6.45) is 15.9. The average molecular weight is 473 g/mol. The molecule has 0 aliphatic heterocycles. The minimum atomic E-state index is -0.825. The summed E-state index contributed by atoms with van der Waals surface area (Å²) in [7, 11) is 0.